The molecule has 1 aliphatic rings. The fourth-order valence-corrected chi connectivity index (χ4v) is 3.86. The van der Waals surface area contributed by atoms with Gasteiger partial charge in [0.2, 0.25) is 0 Å². The van der Waals surface area contributed by atoms with Crippen molar-refractivity contribution in [3.8, 4) is 5.75 Å². The summed E-state index contributed by atoms with van der Waals surface area (Å²) in [4.78, 5) is 21.9. The minimum atomic E-state index is -0.128. The van der Waals surface area contributed by atoms with E-state index in [4.69, 9.17) is 4.74 Å². The van der Waals surface area contributed by atoms with Crippen molar-refractivity contribution in [1.82, 2.24) is 10.3 Å². The number of hydrogen-bond acceptors (Lipinski definition) is 5. The van der Waals surface area contributed by atoms with E-state index in [0.29, 0.717) is 10.1 Å². The Morgan fingerprint density at radius 3 is 2.79 bits per heavy atom. The van der Waals surface area contributed by atoms with Gasteiger partial charge in [-0.05, 0) is 66.2 Å². The topological polar surface area (TPSA) is 63.6 Å². The van der Waals surface area contributed by atoms with Crippen LogP contribution in [0.25, 0.3) is 17.0 Å². The second kappa shape index (κ2) is 7.86. The first-order chi connectivity index (χ1) is 13.6. The third kappa shape index (κ3) is 3.92. The fraction of sp³-hybridized carbons (Fsp3) is 0.136. The quantitative estimate of drug-likeness (QED) is 0.664. The molecule has 140 valence electrons. The number of rotatable bonds is 4. The predicted octanol–water partition coefficient (Wildman–Crippen LogP) is 4.56. The first-order valence-electron chi connectivity index (χ1n) is 8.90. The molecule has 0 bridgehead atoms. The van der Waals surface area contributed by atoms with Crippen molar-refractivity contribution >= 4 is 39.8 Å². The first kappa shape index (κ1) is 18.3. The highest BCUT2D eigenvalue weighted by Gasteiger charge is 2.24. The summed E-state index contributed by atoms with van der Waals surface area (Å²) in [6.45, 7) is 2.00. The van der Waals surface area contributed by atoms with Gasteiger partial charge in [-0.25, -0.2) is 0 Å². The van der Waals surface area contributed by atoms with Crippen LogP contribution in [0.1, 0.15) is 24.1 Å². The Hall–Kier alpha value is -3.12. The lowest BCUT2D eigenvalue weighted by atomic mass is 10.1. The number of hydrogen-bond donors (Lipinski definition) is 1. The highest BCUT2D eigenvalue weighted by Crippen LogP contribution is 2.29. The van der Waals surface area contributed by atoms with Crippen LogP contribution in [0.2, 0.25) is 0 Å². The monoisotopic (exact) mass is 389 g/mol. The molecule has 2 aromatic carbocycles. The maximum absolute atomic E-state index is 12.3. The van der Waals surface area contributed by atoms with Gasteiger partial charge >= 0.3 is 0 Å². The second-order valence-electron chi connectivity index (χ2n) is 6.40. The van der Waals surface area contributed by atoms with Gasteiger partial charge in [-0.1, -0.05) is 24.3 Å². The Kier molecular flexibility index (Phi) is 5.12. The Labute approximate surface area is 167 Å². The van der Waals surface area contributed by atoms with E-state index < -0.39 is 0 Å². The van der Waals surface area contributed by atoms with E-state index in [9.17, 15) is 4.79 Å². The van der Waals surface area contributed by atoms with E-state index >= 15 is 0 Å². The molecule has 1 fully saturated rings. The van der Waals surface area contributed by atoms with Crippen LogP contribution in [0, 0.1) is 0 Å². The summed E-state index contributed by atoms with van der Waals surface area (Å²) >= 11 is 1.36. The molecule has 1 atom stereocenters. The lowest BCUT2D eigenvalue weighted by Gasteiger charge is -2.08. The van der Waals surface area contributed by atoms with Gasteiger partial charge in [-0.2, -0.15) is 0 Å². The summed E-state index contributed by atoms with van der Waals surface area (Å²) in [6, 6.07) is 17.6. The molecule has 0 aliphatic carbocycles. The third-order valence-electron chi connectivity index (χ3n) is 4.48. The van der Waals surface area contributed by atoms with Crippen LogP contribution in [0.5, 0.6) is 5.75 Å². The van der Waals surface area contributed by atoms with Crippen LogP contribution in [-0.4, -0.2) is 23.2 Å². The number of aromatic nitrogens is 1. The van der Waals surface area contributed by atoms with Gasteiger partial charge in [-0.3, -0.25) is 14.8 Å². The number of nitrogens with one attached hydrogen (secondary N) is 1. The number of thioether (sulfide) groups is 1. The molecule has 1 saturated heterocycles. The van der Waals surface area contributed by atoms with Crippen LogP contribution >= 0.6 is 11.8 Å². The standard InChI is InChI=1S/C22H19N3O2S/c1-14(16-6-8-18(27-2)9-7-16)24-22-25-21(26)20(28-22)13-15-5-10-19-17(12-15)4-3-11-23-19/h3-14H,1-2H3,(H,24,25,26). The molecule has 0 saturated carbocycles. The van der Waals surface area contributed by atoms with Crippen molar-refractivity contribution in [2.75, 3.05) is 7.11 Å². The lowest BCUT2D eigenvalue weighted by Crippen LogP contribution is -2.20. The van der Waals surface area contributed by atoms with Gasteiger partial charge in [0.15, 0.2) is 5.17 Å². The van der Waals surface area contributed by atoms with E-state index in [2.05, 4.69) is 15.3 Å². The normalized spacial score (nSPS) is 17.9. The summed E-state index contributed by atoms with van der Waals surface area (Å²) in [6.07, 6.45) is 3.65. The summed E-state index contributed by atoms with van der Waals surface area (Å²) in [5.74, 6) is 0.680. The summed E-state index contributed by atoms with van der Waals surface area (Å²) in [7, 11) is 1.64. The van der Waals surface area contributed by atoms with Crippen LogP contribution in [0.15, 0.2) is 70.7 Å². The van der Waals surface area contributed by atoms with Gasteiger partial charge < -0.3 is 10.1 Å². The van der Waals surface area contributed by atoms with Crippen molar-refractivity contribution in [1.29, 1.82) is 0 Å². The lowest BCUT2D eigenvalue weighted by molar-refractivity contribution is -0.115. The van der Waals surface area contributed by atoms with E-state index in [-0.39, 0.29) is 11.9 Å². The third-order valence-corrected chi connectivity index (χ3v) is 5.41. The van der Waals surface area contributed by atoms with Gasteiger partial charge in [0.05, 0.1) is 23.6 Å². The van der Waals surface area contributed by atoms with E-state index in [1.54, 1.807) is 13.3 Å². The summed E-state index contributed by atoms with van der Waals surface area (Å²) < 4.78 is 5.19. The molecule has 2 heterocycles. The number of amidine groups is 1. The smallest absolute Gasteiger partial charge is 0.264 e. The van der Waals surface area contributed by atoms with Gasteiger partial charge in [0.1, 0.15) is 5.75 Å². The van der Waals surface area contributed by atoms with E-state index in [0.717, 1.165) is 27.8 Å². The second-order valence-corrected chi connectivity index (χ2v) is 7.43. The molecular formula is C22H19N3O2S. The van der Waals surface area contributed by atoms with E-state index in [1.807, 2.05) is 67.6 Å². The average Bonchev–Trinajstić information content (AvgIpc) is 3.06. The first-order valence-corrected chi connectivity index (χ1v) is 9.71. The van der Waals surface area contributed by atoms with Gasteiger partial charge in [0.25, 0.3) is 5.91 Å². The Morgan fingerprint density at radius 2 is 2.00 bits per heavy atom. The van der Waals surface area contributed by atoms with Crippen LogP contribution in [0.4, 0.5) is 0 Å². The number of ether oxygens (including phenoxy) is 1. The number of nitrogens with zero attached hydrogens (tertiary/aromatic N) is 2. The molecule has 6 heteroatoms. The van der Waals surface area contributed by atoms with Crippen molar-refractivity contribution in [2.45, 2.75) is 13.0 Å². The molecule has 4 rings (SSSR count). The number of fused-ring (bicyclic) bond motifs is 1. The molecular weight excluding hydrogens is 370 g/mol. The summed E-state index contributed by atoms with van der Waals surface area (Å²) in [5.41, 5.74) is 2.95. The molecule has 1 aromatic heterocycles. The number of carbonyl (C=O) groups excluding carboxylic acids is 1. The molecule has 1 unspecified atom stereocenters. The van der Waals surface area contributed by atoms with Gasteiger partial charge in [-0.15, -0.1) is 0 Å². The number of benzene rings is 2. The molecule has 1 amide bonds. The number of methoxy groups -OCH3 is 1. The zero-order valence-corrected chi connectivity index (χ0v) is 16.4. The molecule has 1 N–H and O–H groups in total. The maximum atomic E-state index is 12.3. The molecule has 0 radical (unpaired) electrons. The molecule has 1 aliphatic heterocycles. The molecule has 5 nitrogen and oxygen atoms in total. The highest BCUT2D eigenvalue weighted by atomic mass is 32.2. The van der Waals surface area contributed by atoms with E-state index in [1.165, 1.54) is 11.8 Å². The Bertz CT molecular complexity index is 1090. The predicted molar refractivity (Wildman–Crippen MR) is 114 cm³/mol. The van der Waals surface area contributed by atoms with Crippen molar-refractivity contribution in [3.63, 3.8) is 0 Å². The van der Waals surface area contributed by atoms with Crippen LogP contribution in [0.3, 0.4) is 0 Å². The highest BCUT2D eigenvalue weighted by molar-refractivity contribution is 8.18. The average molecular weight is 389 g/mol. The Balaban J connectivity index is 1.53. The van der Waals surface area contributed by atoms with Gasteiger partial charge in [0, 0.05) is 11.6 Å². The van der Waals surface area contributed by atoms with Crippen LogP contribution in [-0.2, 0) is 4.79 Å². The van der Waals surface area contributed by atoms with Crippen molar-refractivity contribution in [3.05, 3.63) is 76.8 Å². The maximum Gasteiger partial charge on any atom is 0.264 e. The number of carbonyl (C=O) groups is 1. The minimum absolute atomic E-state index is 0.0696. The number of aliphatic imine (C=N–C) groups is 1. The Morgan fingerprint density at radius 1 is 1.18 bits per heavy atom. The van der Waals surface area contributed by atoms with Crippen molar-refractivity contribution < 1.29 is 9.53 Å². The largest absolute Gasteiger partial charge is 0.497 e. The molecule has 0 spiro atoms. The van der Waals surface area contributed by atoms with Crippen molar-refractivity contribution in [2.24, 2.45) is 4.99 Å². The minimum Gasteiger partial charge on any atom is -0.497 e. The zero-order valence-electron chi connectivity index (χ0n) is 15.5. The summed E-state index contributed by atoms with van der Waals surface area (Å²) in [5, 5.41) is 4.51. The number of amides is 1. The molecule has 28 heavy (non-hydrogen) atoms. The SMILES string of the molecule is COc1ccc(C(C)N=C2NC(=O)C(=Cc3ccc4ncccc4c3)S2)cc1. The fourth-order valence-electron chi connectivity index (χ4n) is 2.96. The molecule has 3 aromatic rings. The number of pyridine rings is 1. The van der Waals surface area contributed by atoms with Crippen LogP contribution < -0.4 is 10.1 Å². The zero-order chi connectivity index (χ0) is 19.5.